The molecule has 6 heteroatoms. The van der Waals surface area contributed by atoms with E-state index < -0.39 is 0 Å². The van der Waals surface area contributed by atoms with E-state index in [1.54, 1.807) is 6.20 Å². The Morgan fingerprint density at radius 3 is 2.75 bits per heavy atom. The van der Waals surface area contributed by atoms with E-state index in [1.165, 1.54) is 0 Å². The molecule has 0 unspecified atom stereocenters. The van der Waals surface area contributed by atoms with Crippen molar-refractivity contribution in [2.45, 2.75) is 25.3 Å². The summed E-state index contributed by atoms with van der Waals surface area (Å²) < 4.78 is 0. The summed E-state index contributed by atoms with van der Waals surface area (Å²) >= 11 is 5.55. The second kappa shape index (κ2) is 8.83. The molecule has 0 radical (unpaired) electrons. The molecule has 0 aromatic rings. The molecular weight excluding hydrogens is 276 g/mol. The van der Waals surface area contributed by atoms with Crippen LogP contribution >= 0.6 is 11.6 Å². The number of nitriles is 1. The van der Waals surface area contributed by atoms with Crippen molar-refractivity contribution < 1.29 is 4.79 Å². The molecule has 0 aromatic heterocycles. The van der Waals surface area contributed by atoms with Crippen LogP contribution in [0.25, 0.3) is 0 Å². The molecule has 1 rings (SSSR count). The van der Waals surface area contributed by atoms with Crippen molar-refractivity contribution in [1.29, 1.82) is 5.26 Å². The number of piperidine rings is 1. The third kappa shape index (κ3) is 5.40. The second-order valence-electron chi connectivity index (χ2n) is 5.15. The first-order valence-corrected chi connectivity index (χ1v) is 7.48. The maximum absolute atomic E-state index is 11.8. The Labute approximate surface area is 126 Å². The molecule has 0 aliphatic carbocycles. The zero-order chi connectivity index (χ0) is 15.0. The summed E-state index contributed by atoms with van der Waals surface area (Å²) in [5, 5.41) is 11.8. The van der Waals surface area contributed by atoms with Crippen LogP contribution in [0.5, 0.6) is 0 Å². The average Bonchev–Trinajstić information content (AvgIpc) is 2.45. The number of hydrogen-bond acceptors (Lipinski definition) is 4. The fraction of sp³-hybridized carbons (Fsp3) is 0.714. The van der Waals surface area contributed by atoms with Gasteiger partial charge in [0.1, 0.15) is 11.6 Å². The summed E-state index contributed by atoms with van der Waals surface area (Å²) in [5.41, 5.74) is 0.154. The zero-order valence-corrected chi connectivity index (χ0v) is 13.0. The predicted octanol–water partition coefficient (Wildman–Crippen LogP) is 1.16. The minimum absolute atomic E-state index is 0.154. The lowest BCUT2D eigenvalue weighted by Gasteiger charge is -2.34. The molecule has 20 heavy (non-hydrogen) atoms. The maximum Gasteiger partial charge on any atom is 0.263 e. The molecule has 1 amide bonds. The number of likely N-dealkylation sites (tertiary alicyclic amines) is 1. The molecule has 1 saturated heterocycles. The second-order valence-corrected chi connectivity index (χ2v) is 5.53. The number of hydrogen-bond donors (Lipinski definition) is 1. The van der Waals surface area contributed by atoms with Gasteiger partial charge in [0.05, 0.1) is 0 Å². The van der Waals surface area contributed by atoms with Crippen LogP contribution in [0, 0.1) is 11.3 Å². The van der Waals surface area contributed by atoms with Gasteiger partial charge in [-0.3, -0.25) is 4.79 Å². The lowest BCUT2D eigenvalue weighted by Crippen LogP contribution is -2.40. The Balaban J connectivity index is 2.54. The number of carbonyl (C=O) groups excluding carboxylic acids is 1. The van der Waals surface area contributed by atoms with Crippen LogP contribution in [0.15, 0.2) is 11.8 Å². The van der Waals surface area contributed by atoms with Gasteiger partial charge in [-0.15, -0.1) is 11.6 Å². The lowest BCUT2D eigenvalue weighted by atomic mass is 10.0. The Kier molecular flexibility index (Phi) is 7.42. The quantitative estimate of drug-likeness (QED) is 0.346. The number of halogens is 1. The average molecular weight is 299 g/mol. The third-order valence-corrected chi connectivity index (χ3v) is 3.83. The summed E-state index contributed by atoms with van der Waals surface area (Å²) in [6.07, 6.45) is 4.47. The molecule has 5 nitrogen and oxygen atoms in total. The number of nitrogens with zero attached hydrogens (tertiary/aromatic N) is 3. The standard InChI is InChI=1S/C14H23ClN4O/c1-18-8-4-13(5-9-18)19(2)11-12(10-16)14(20)17-7-3-6-15/h11,13H,3-9H2,1-2H3,(H,17,20)/b12-11-. The smallest absolute Gasteiger partial charge is 0.263 e. The molecule has 0 aromatic carbocycles. The lowest BCUT2D eigenvalue weighted by molar-refractivity contribution is -0.117. The molecule has 0 bridgehead atoms. The third-order valence-electron chi connectivity index (χ3n) is 3.56. The number of amides is 1. The van der Waals surface area contributed by atoms with Crippen molar-refractivity contribution in [2.75, 3.05) is 39.6 Å². The highest BCUT2D eigenvalue weighted by atomic mass is 35.5. The highest BCUT2D eigenvalue weighted by molar-refractivity contribution is 6.17. The van der Waals surface area contributed by atoms with E-state index in [4.69, 9.17) is 16.9 Å². The summed E-state index contributed by atoms with van der Waals surface area (Å²) in [5.74, 6) is 0.180. The Bertz CT molecular complexity index is 383. The maximum atomic E-state index is 11.8. The summed E-state index contributed by atoms with van der Waals surface area (Å²) in [6, 6.07) is 2.37. The van der Waals surface area contributed by atoms with Crippen LogP contribution in [-0.4, -0.2) is 61.4 Å². The van der Waals surface area contributed by atoms with Crippen molar-refractivity contribution >= 4 is 17.5 Å². The summed E-state index contributed by atoms with van der Waals surface area (Å²) in [7, 11) is 4.04. The van der Waals surface area contributed by atoms with Gasteiger partial charge in [0.2, 0.25) is 0 Å². The van der Waals surface area contributed by atoms with E-state index in [0.29, 0.717) is 24.9 Å². The number of rotatable bonds is 6. The minimum atomic E-state index is -0.322. The predicted molar refractivity (Wildman–Crippen MR) is 80.3 cm³/mol. The molecule has 0 saturated carbocycles. The zero-order valence-electron chi connectivity index (χ0n) is 12.2. The van der Waals surface area contributed by atoms with Gasteiger partial charge in [-0.05, 0) is 39.4 Å². The van der Waals surface area contributed by atoms with Gasteiger partial charge in [-0.25, -0.2) is 0 Å². The van der Waals surface area contributed by atoms with Crippen molar-refractivity contribution in [3.05, 3.63) is 11.8 Å². The molecule has 1 fully saturated rings. The van der Waals surface area contributed by atoms with Gasteiger partial charge in [0.25, 0.3) is 5.91 Å². The highest BCUT2D eigenvalue weighted by Crippen LogP contribution is 2.15. The number of alkyl halides is 1. The Hall–Kier alpha value is -1.25. The van der Waals surface area contributed by atoms with Crippen LogP contribution < -0.4 is 5.32 Å². The van der Waals surface area contributed by atoms with E-state index in [0.717, 1.165) is 25.9 Å². The molecule has 112 valence electrons. The van der Waals surface area contributed by atoms with Gasteiger partial charge in [0.15, 0.2) is 0 Å². The van der Waals surface area contributed by atoms with Crippen LogP contribution in [-0.2, 0) is 4.79 Å². The minimum Gasteiger partial charge on any atom is -0.376 e. The van der Waals surface area contributed by atoms with Crippen LogP contribution in [0.3, 0.4) is 0 Å². The van der Waals surface area contributed by atoms with E-state index in [9.17, 15) is 4.79 Å². The van der Waals surface area contributed by atoms with Crippen molar-refractivity contribution in [1.82, 2.24) is 15.1 Å². The fourth-order valence-corrected chi connectivity index (χ4v) is 2.35. The van der Waals surface area contributed by atoms with Gasteiger partial charge in [-0.2, -0.15) is 5.26 Å². The van der Waals surface area contributed by atoms with Crippen LogP contribution in [0.4, 0.5) is 0 Å². The molecule has 1 aliphatic heterocycles. The van der Waals surface area contributed by atoms with Crippen LogP contribution in [0.2, 0.25) is 0 Å². The molecule has 1 N–H and O–H groups in total. The van der Waals surface area contributed by atoms with Crippen LogP contribution in [0.1, 0.15) is 19.3 Å². The van der Waals surface area contributed by atoms with Crippen molar-refractivity contribution in [3.63, 3.8) is 0 Å². The first-order chi connectivity index (χ1) is 9.58. The summed E-state index contributed by atoms with van der Waals surface area (Å²) in [6.45, 7) is 2.60. The highest BCUT2D eigenvalue weighted by Gasteiger charge is 2.20. The number of nitrogens with one attached hydrogen (secondary N) is 1. The SMILES string of the molecule is CN1CCC(N(C)/C=C(/C#N)C(=O)NCCCCl)CC1. The molecular formula is C14H23ClN4O. The molecule has 1 heterocycles. The van der Waals surface area contributed by atoms with E-state index >= 15 is 0 Å². The molecule has 1 aliphatic rings. The van der Waals surface area contributed by atoms with E-state index in [-0.39, 0.29) is 11.5 Å². The number of carbonyl (C=O) groups is 1. The van der Waals surface area contributed by atoms with Gasteiger partial charge >= 0.3 is 0 Å². The first kappa shape index (κ1) is 16.8. The summed E-state index contributed by atoms with van der Waals surface area (Å²) in [4.78, 5) is 16.1. The normalized spacial score (nSPS) is 17.6. The van der Waals surface area contributed by atoms with Crippen molar-refractivity contribution in [3.8, 4) is 6.07 Å². The largest absolute Gasteiger partial charge is 0.376 e. The monoisotopic (exact) mass is 298 g/mol. The molecule has 0 atom stereocenters. The fourth-order valence-electron chi connectivity index (χ4n) is 2.21. The Morgan fingerprint density at radius 2 is 2.20 bits per heavy atom. The Morgan fingerprint density at radius 1 is 1.55 bits per heavy atom. The topological polar surface area (TPSA) is 59.4 Å². The van der Waals surface area contributed by atoms with Gasteiger partial charge < -0.3 is 15.1 Å². The van der Waals surface area contributed by atoms with E-state index in [1.807, 2.05) is 18.0 Å². The molecule has 0 spiro atoms. The van der Waals surface area contributed by atoms with Gasteiger partial charge in [-0.1, -0.05) is 0 Å². The first-order valence-electron chi connectivity index (χ1n) is 6.95. The van der Waals surface area contributed by atoms with Gasteiger partial charge in [0, 0.05) is 31.7 Å². The van der Waals surface area contributed by atoms with E-state index in [2.05, 4.69) is 17.3 Å². The van der Waals surface area contributed by atoms with Crippen molar-refractivity contribution in [2.24, 2.45) is 0 Å².